The molecule has 2 N–H and O–H groups in total. The number of ether oxygens (including phenoxy) is 1. The van der Waals surface area contributed by atoms with Crippen LogP contribution >= 0.6 is 11.8 Å². The van der Waals surface area contributed by atoms with Gasteiger partial charge in [-0.15, -0.1) is 0 Å². The van der Waals surface area contributed by atoms with Crippen molar-refractivity contribution >= 4 is 23.8 Å². The first kappa shape index (κ1) is 20.3. The minimum absolute atomic E-state index is 0.0561. The number of carboxylic acid groups (broad SMARTS) is 1. The number of aliphatic carboxylic acids is 1. The minimum atomic E-state index is -1.07. The fourth-order valence-electron chi connectivity index (χ4n) is 3.75. The van der Waals surface area contributed by atoms with Gasteiger partial charge in [-0.3, -0.25) is 0 Å². The number of fused-ring (bicyclic) bond motifs is 3. The number of hydrogen-bond donors (Lipinski definition) is 2. The van der Waals surface area contributed by atoms with Gasteiger partial charge in [0.05, 0.1) is 0 Å². The van der Waals surface area contributed by atoms with Crippen LogP contribution in [0.25, 0.3) is 11.1 Å². The summed E-state index contributed by atoms with van der Waals surface area (Å²) in [4.78, 5) is 24.0. The van der Waals surface area contributed by atoms with E-state index < -0.39 is 22.9 Å². The van der Waals surface area contributed by atoms with Crippen molar-refractivity contribution in [3.05, 3.63) is 59.7 Å². The number of thioether (sulfide) groups is 1. The molecule has 1 aliphatic rings. The summed E-state index contributed by atoms with van der Waals surface area (Å²) in [6.07, 6.45) is -0.709. The lowest BCUT2D eigenvalue weighted by molar-refractivity contribution is -0.140. The maximum absolute atomic E-state index is 12.4. The third-order valence-electron chi connectivity index (χ3n) is 5.06. The molecule has 0 aliphatic heterocycles. The molecule has 1 unspecified atom stereocenters. The largest absolute Gasteiger partial charge is 0.480 e. The van der Waals surface area contributed by atoms with Crippen LogP contribution in [0.2, 0.25) is 0 Å². The molecule has 2 aromatic rings. The molecule has 6 heteroatoms. The smallest absolute Gasteiger partial charge is 0.407 e. The maximum atomic E-state index is 12.4. The lowest BCUT2D eigenvalue weighted by atomic mass is 9.98. The molecule has 0 saturated carbocycles. The van der Waals surface area contributed by atoms with Crippen molar-refractivity contribution in [2.75, 3.05) is 12.4 Å². The van der Waals surface area contributed by atoms with Gasteiger partial charge in [0.2, 0.25) is 0 Å². The highest BCUT2D eigenvalue weighted by Crippen LogP contribution is 2.44. The van der Waals surface area contributed by atoms with Crippen molar-refractivity contribution in [1.82, 2.24) is 5.32 Å². The molecule has 0 aromatic heterocycles. The number of carbonyl (C=O) groups excluding carboxylic acids is 1. The Balaban J connectivity index is 1.72. The van der Waals surface area contributed by atoms with Crippen LogP contribution in [-0.2, 0) is 9.53 Å². The van der Waals surface area contributed by atoms with E-state index in [1.165, 1.54) is 11.8 Å². The predicted octanol–water partition coefficient (Wildman–Crippen LogP) is 4.51. The Hall–Kier alpha value is -2.47. The highest BCUT2D eigenvalue weighted by atomic mass is 32.2. The molecule has 1 atom stereocenters. The van der Waals surface area contributed by atoms with Crippen molar-refractivity contribution in [2.24, 2.45) is 0 Å². The molecule has 3 rings (SSSR count). The molecular formula is C22H25NO4S. The number of benzene rings is 2. The average Bonchev–Trinajstić information content (AvgIpc) is 2.98. The van der Waals surface area contributed by atoms with Crippen molar-refractivity contribution in [3.8, 4) is 11.1 Å². The van der Waals surface area contributed by atoms with Crippen LogP contribution < -0.4 is 5.32 Å². The second-order valence-corrected chi connectivity index (χ2v) is 9.20. The van der Waals surface area contributed by atoms with E-state index in [-0.39, 0.29) is 12.5 Å². The summed E-state index contributed by atoms with van der Waals surface area (Å²) in [5.74, 6) is -0.373. The standard InChI is InChI=1S/C22H25NO4S/c1-4-28-22(2,3)19(20(24)25)23-21(26)27-13-18-16-11-7-5-9-14(16)15-10-6-8-12-17(15)18/h5-12,18-19H,4,13H2,1-3H3,(H,23,26)(H,24,25). The average molecular weight is 400 g/mol. The zero-order valence-electron chi connectivity index (χ0n) is 16.3. The number of hydrogen-bond acceptors (Lipinski definition) is 4. The first-order chi connectivity index (χ1) is 13.3. The summed E-state index contributed by atoms with van der Waals surface area (Å²) < 4.78 is 4.82. The van der Waals surface area contributed by atoms with Gasteiger partial charge in [0.25, 0.3) is 0 Å². The summed E-state index contributed by atoms with van der Waals surface area (Å²) in [6.45, 7) is 5.74. The number of rotatable bonds is 7. The van der Waals surface area contributed by atoms with Gasteiger partial charge in [-0.05, 0) is 41.9 Å². The molecule has 2 aromatic carbocycles. The van der Waals surface area contributed by atoms with Crippen molar-refractivity contribution in [1.29, 1.82) is 0 Å². The minimum Gasteiger partial charge on any atom is -0.480 e. The van der Waals surface area contributed by atoms with E-state index in [9.17, 15) is 14.7 Å². The van der Waals surface area contributed by atoms with Gasteiger partial charge in [0, 0.05) is 10.7 Å². The summed E-state index contributed by atoms with van der Waals surface area (Å²) in [7, 11) is 0. The zero-order chi connectivity index (χ0) is 20.3. The van der Waals surface area contributed by atoms with E-state index in [1.807, 2.05) is 57.2 Å². The highest BCUT2D eigenvalue weighted by Gasteiger charge is 2.37. The van der Waals surface area contributed by atoms with Crippen LogP contribution in [-0.4, -0.2) is 40.3 Å². The van der Waals surface area contributed by atoms with Gasteiger partial charge < -0.3 is 15.2 Å². The fraction of sp³-hybridized carbons (Fsp3) is 0.364. The number of nitrogens with one attached hydrogen (secondary N) is 1. The number of alkyl carbamates (subject to hydrolysis) is 1. The van der Waals surface area contributed by atoms with Crippen LogP contribution in [0.15, 0.2) is 48.5 Å². The Labute approximate surface area is 169 Å². The lowest BCUT2D eigenvalue weighted by Crippen LogP contribution is -2.52. The van der Waals surface area contributed by atoms with Crippen molar-refractivity contribution in [2.45, 2.75) is 37.5 Å². The molecule has 1 aliphatic carbocycles. The summed E-state index contributed by atoms with van der Waals surface area (Å²) in [5.41, 5.74) is 4.54. The maximum Gasteiger partial charge on any atom is 0.407 e. The van der Waals surface area contributed by atoms with E-state index in [1.54, 1.807) is 0 Å². The fourth-order valence-corrected chi connectivity index (χ4v) is 4.82. The van der Waals surface area contributed by atoms with E-state index in [0.717, 1.165) is 28.0 Å². The molecule has 0 heterocycles. The van der Waals surface area contributed by atoms with E-state index in [0.29, 0.717) is 0 Å². The normalized spacial score (nSPS) is 14.1. The van der Waals surface area contributed by atoms with E-state index >= 15 is 0 Å². The third kappa shape index (κ3) is 4.02. The summed E-state index contributed by atoms with van der Waals surface area (Å²) in [5, 5.41) is 12.1. The molecule has 0 saturated heterocycles. The molecule has 5 nitrogen and oxygen atoms in total. The Morgan fingerprint density at radius 1 is 1.11 bits per heavy atom. The Morgan fingerprint density at radius 3 is 2.14 bits per heavy atom. The highest BCUT2D eigenvalue weighted by molar-refractivity contribution is 8.00. The Bertz CT molecular complexity index is 835. The summed E-state index contributed by atoms with van der Waals surface area (Å²) in [6, 6.07) is 15.1. The van der Waals surface area contributed by atoms with Gasteiger partial charge in [0.1, 0.15) is 12.6 Å². The van der Waals surface area contributed by atoms with Gasteiger partial charge in [-0.25, -0.2) is 9.59 Å². The molecule has 0 spiro atoms. The van der Waals surface area contributed by atoms with Crippen LogP contribution in [0.1, 0.15) is 37.8 Å². The molecule has 0 fully saturated rings. The Kier molecular flexibility index (Phi) is 5.98. The number of carboxylic acids is 1. The molecule has 0 bridgehead atoms. The molecular weight excluding hydrogens is 374 g/mol. The van der Waals surface area contributed by atoms with E-state index in [2.05, 4.69) is 17.4 Å². The third-order valence-corrected chi connectivity index (χ3v) is 6.33. The second-order valence-electron chi connectivity index (χ2n) is 7.28. The number of amides is 1. The Morgan fingerprint density at radius 2 is 1.64 bits per heavy atom. The topological polar surface area (TPSA) is 75.6 Å². The SMILES string of the molecule is CCSC(C)(C)C(NC(=O)OCC1c2ccccc2-c2ccccc21)C(=O)O. The first-order valence-electron chi connectivity index (χ1n) is 9.33. The van der Waals surface area contributed by atoms with Crippen LogP contribution in [0, 0.1) is 0 Å². The van der Waals surface area contributed by atoms with Crippen molar-refractivity contribution in [3.63, 3.8) is 0 Å². The quantitative estimate of drug-likeness (QED) is 0.716. The molecule has 148 valence electrons. The first-order valence-corrected chi connectivity index (χ1v) is 10.3. The van der Waals surface area contributed by atoms with Gasteiger partial charge in [-0.2, -0.15) is 11.8 Å². The monoisotopic (exact) mass is 399 g/mol. The number of carbonyl (C=O) groups is 2. The van der Waals surface area contributed by atoms with Crippen LogP contribution in [0.3, 0.4) is 0 Å². The van der Waals surface area contributed by atoms with Gasteiger partial charge in [0.15, 0.2) is 0 Å². The lowest BCUT2D eigenvalue weighted by Gasteiger charge is -2.30. The van der Waals surface area contributed by atoms with E-state index in [4.69, 9.17) is 4.74 Å². The molecule has 0 radical (unpaired) electrons. The van der Waals surface area contributed by atoms with Gasteiger partial charge >= 0.3 is 12.1 Å². The van der Waals surface area contributed by atoms with Gasteiger partial charge in [-0.1, -0.05) is 55.5 Å². The molecule has 1 amide bonds. The van der Waals surface area contributed by atoms with Crippen LogP contribution in [0.4, 0.5) is 4.79 Å². The summed E-state index contributed by atoms with van der Waals surface area (Å²) >= 11 is 1.49. The van der Waals surface area contributed by atoms with Crippen LogP contribution in [0.5, 0.6) is 0 Å². The predicted molar refractivity (Wildman–Crippen MR) is 112 cm³/mol. The van der Waals surface area contributed by atoms with Crippen molar-refractivity contribution < 1.29 is 19.4 Å². The molecule has 28 heavy (non-hydrogen) atoms. The second kappa shape index (κ2) is 8.27. The zero-order valence-corrected chi connectivity index (χ0v) is 17.1.